The highest BCUT2D eigenvalue weighted by molar-refractivity contribution is 5.29. The van der Waals surface area contributed by atoms with Gasteiger partial charge in [0.2, 0.25) is 5.88 Å². The number of aryl methyl sites for hydroxylation is 2. The molecule has 17 heavy (non-hydrogen) atoms. The average molecular weight is 232 g/mol. The molecule has 1 aromatic rings. The summed E-state index contributed by atoms with van der Waals surface area (Å²) in [6.45, 7) is 3.09. The molecule has 0 aromatic carbocycles. The second kappa shape index (κ2) is 5.05. The average Bonchev–Trinajstić information content (AvgIpc) is 2.85. The van der Waals surface area contributed by atoms with Gasteiger partial charge in [-0.25, -0.2) is 4.98 Å². The molecule has 1 N–H and O–H groups in total. The number of pyridine rings is 1. The maximum absolute atomic E-state index is 5.83. The zero-order chi connectivity index (χ0) is 11.5. The Balaban J connectivity index is 1.57. The first-order chi connectivity index (χ1) is 8.42. The van der Waals surface area contributed by atoms with Crippen molar-refractivity contribution in [2.45, 2.75) is 32.1 Å². The van der Waals surface area contributed by atoms with E-state index in [2.05, 4.69) is 16.4 Å². The SMILES string of the molecule is c1cc2c(nc1OCC1CCNCC1)CCC2. The van der Waals surface area contributed by atoms with Gasteiger partial charge >= 0.3 is 0 Å². The van der Waals surface area contributed by atoms with Crippen molar-refractivity contribution in [1.29, 1.82) is 0 Å². The number of nitrogens with zero attached hydrogens (tertiary/aromatic N) is 1. The summed E-state index contributed by atoms with van der Waals surface area (Å²) in [7, 11) is 0. The Hall–Kier alpha value is -1.09. The molecule has 0 radical (unpaired) electrons. The number of fused-ring (bicyclic) bond motifs is 1. The van der Waals surface area contributed by atoms with Crippen LogP contribution in [0.3, 0.4) is 0 Å². The number of nitrogens with one attached hydrogen (secondary N) is 1. The number of aromatic nitrogens is 1. The van der Waals surface area contributed by atoms with Crippen molar-refractivity contribution in [3.63, 3.8) is 0 Å². The normalized spacial score (nSPS) is 20.2. The summed E-state index contributed by atoms with van der Waals surface area (Å²) in [5, 5.41) is 3.38. The molecule has 1 saturated heterocycles. The van der Waals surface area contributed by atoms with Crippen LogP contribution in [-0.2, 0) is 12.8 Å². The summed E-state index contributed by atoms with van der Waals surface area (Å²) < 4.78 is 5.83. The van der Waals surface area contributed by atoms with Gasteiger partial charge in [0.1, 0.15) is 0 Å². The minimum absolute atomic E-state index is 0.700. The third-order valence-corrected chi connectivity index (χ3v) is 3.83. The van der Waals surface area contributed by atoms with Crippen molar-refractivity contribution in [2.75, 3.05) is 19.7 Å². The largest absolute Gasteiger partial charge is 0.477 e. The van der Waals surface area contributed by atoms with Gasteiger partial charge in [0.15, 0.2) is 0 Å². The number of hydrogen-bond acceptors (Lipinski definition) is 3. The number of hydrogen-bond donors (Lipinski definition) is 1. The number of ether oxygens (including phenoxy) is 1. The van der Waals surface area contributed by atoms with Gasteiger partial charge in [0.05, 0.1) is 6.61 Å². The molecular weight excluding hydrogens is 212 g/mol. The lowest BCUT2D eigenvalue weighted by molar-refractivity contribution is 0.208. The van der Waals surface area contributed by atoms with Crippen molar-refractivity contribution in [3.8, 4) is 5.88 Å². The van der Waals surface area contributed by atoms with Crippen molar-refractivity contribution >= 4 is 0 Å². The van der Waals surface area contributed by atoms with Gasteiger partial charge in [-0.1, -0.05) is 6.07 Å². The maximum Gasteiger partial charge on any atom is 0.213 e. The number of rotatable bonds is 3. The molecule has 0 amide bonds. The van der Waals surface area contributed by atoms with Crippen molar-refractivity contribution in [2.24, 2.45) is 5.92 Å². The molecular formula is C14H20N2O. The summed E-state index contributed by atoms with van der Waals surface area (Å²) >= 11 is 0. The fourth-order valence-electron chi connectivity index (χ4n) is 2.73. The van der Waals surface area contributed by atoms with E-state index >= 15 is 0 Å². The van der Waals surface area contributed by atoms with Crippen LogP contribution >= 0.6 is 0 Å². The van der Waals surface area contributed by atoms with Crippen molar-refractivity contribution in [1.82, 2.24) is 10.3 Å². The van der Waals surface area contributed by atoms with Crippen LogP contribution in [0.2, 0.25) is 0 Å². The van der Waals surface area contributed by atoms with Crippen LogP contribution in [0, 0.1) is 5.92 Å². The summed E-state index contributed by atoms with van der Waals surface area (Å²) in [4.78, 5) is 4.60. The van der Waals surface area contributed by atoms with Crippen LogP contribution in [0.25, 0.3) is 0 Å². The fourth-order valence-corrected chi connectivity index (χ4v) is 2.73. The predicted octanol–water partition coefficient (Wildman–Crippen LogP) is 1.95. The smallest absolute Gasteiger partial charge is 0.213 e. The summed E-state index contributed by atoms with van der Waals surface area (Å²) in [6.07, 6.45) is 6.02. The van der Waals surface area contributed by atoms with Gasteiger partial charge in [-0.2, -0.15) is 0 Å². The minimum atomic E-state index is 0.700. The Labute approximate surface area is 103 Å². The van der Waals surface area contributed by atoms with Gasteiger partial charge in [-0.3, -0.25) is 0 Å². The lowest BCUT2D eigenvalue weighted by Gasteiger charge is -2.22. The zero-order valence-corrected chi connectivity index (χ0v) is 10.2. The van der Waals surface area contributed by atoms with E-state index in [1.807, 2.05) is 6.07 Å². The molecule has 2 aliphatic rings. The van der Waals surface area contributed by atoms with Gasteiger partial charge in [-0.15, -0.1) is 0 Å². The molecule has 2 heterocycles. The lowest BCUT2D eigenvalue weighted by Crippen LogP contribution is -2.30. The highest BCUT2D eigenvalue weighted by atomic mass is 16.5. The maximum atomic E-state index is 5.83. The first-order valence-corrected chi connectivity index (χ1v) is 6.74. The third kappa shape index (κ3) is 2.60. The molecule has 92 valence electrons. The molecule has 1 fully saturated rings. The van der Waals surface area contributed by atoms with Crippen LogP contribution in [0.1, 0.15) is 30.5 Å². The minimum Gasteiger partial charge on any atom is -0.477 e. The van der Waals surface area contributed by atoms with Gasteiger partial charge in [0.25, 0.3) is 0 Å². The Morgan fingerprint density at radius 1 is 1.24 bits per heavy atom. The Morgan fingerprint density at radius 2 is 2.12 bits per heavy atom. The molecule has 0 unspecified atom stereocenters. The van der Waals surface area contributed by atoms with Gasteiger partial charge in [-0.05, 0) is 56.7 Å². The summed E-state index contributed by atoms with van der Waals surface area (Å²) in [6, 6.07) is 4.22. The van der Waals surface area contributed by atoms with E-state index in [1.165, 1.54) is 36.9 Å². The van der Waals surface area contributed by atoms with E-state index in [4.69, 9.17) is 4.74 Å². The molecule has 3 nitrogen and oxygen atoms in total. The van der Waals surface area contributed by atoms with E-state index in [-0.39, 0.29) is 0 Å². The summed E-state index contributed by atoms with van der Waals surface area (Å²) in [5.74, 6) is 1.52. The van der Waals surface area contributed by atoms with Crippen LogP contribution in [-0.4, -0.2) is 24.7 Å². The molecule has 1 aliphatic heterocycles. The standard InChI is InChI=1S/C14H20N2O/c1-2-12-4-5-14(16-13(12)3-1)17-10-11-6-8-15-9-7-11/h4-5,11,15H,1-3,6-10H2. The first-order valence-electron chi connectivity index (χ1n) is 6.74. The predicted molar refractivity (Wildman–Crippen MR) is 67.4 cm³/mol. The molecule has 0 spiro atoms. The molecule has 3 heteroatoms. The highest BCUT2D eigenvalue weighted by Gasteiger charge is 2.16. The second-order valence-electron chi connectivity index (χ2n) is 5.11. The Bertz CT molecular complexity index is 386. The van der Waals surface area contributed by atoms with E-state index in [1.54, 1.807) is 0 Å². The monoisotopic (exact) mass is 232 g/mol. The molecule has 0 saturated carbocycles. The van der Waals surface area contributed by atoms with E-state index in [0.717, 1.165) is 32.0 Å². The summed E-state index contributed by atoms with van der Waals surface area (Å²) in [5.41, 5.74) is 2.67. The second-order valence-corrected chi connectivity index (χ2v) is 5.11. The topological polar surface area (TPSA) is 34.1 Å². The molecule has 0 bridgehead atoms. The van der Waals surface area contributed by atoms with Gasteiger partial charge < -0.3 is 10.1 Å². The van der Waals surface area contributed by atoms with E-state index in [0.29, 0.717) is 5.92 Å². The van der Waals surface area contributed by atoms with Crippen LogP contribution in [0.15, 0.2) is 12.1 Å². The molecule has 1 aromatic heterocycles. The molecule has 3 rings (SSSR count). The fraction of sp³-hybridized carbons (Fsp3) is 0.643. The van der Waals surface area contributed by atoms with Crippen LogP contribution in [0.5, 0.6) is 5.88 Å². The first kappa shape index (κ1) is 11.0. The highest BCUT2D eigenvalue weighted by Crippen LogP contribution is 2.23. The molecule has 0 atom stereocenters. The van der Waals surface area contributed by atoms with Crippen molar-refractivity contribution < 1.29 is 4.74 Å². The van der Waals surface area contributed by atoms with Crippen LogP contribution < -0.4 is 10.1 Å². The van der Waals surface area contributed by atoms with Crippen LogP contribution in [0.4, 0.5) is 0 Å². The Morgan fingerprint density at radius 3 is 3.00 bits per heavy atom. The third-order valence-electron chi connectivity index (χ3n) is 3.83. The molecule has 1 aliphatic carbocycles. The Kier molecular flexibility index (Phi) is 3.27. The van der Waals surface area contributed by atoms with E-state index < -0.39 is 0 Å². The van der Waals surface area contributed by atoms with Crippen molar-refractivity contribution in [3.05, 3.63) is 23.4 Å². The van der Waals surface area contributed by atoms with E-state index in [9.17, 15) is 0 Å². The number of piperidine rings is 1. The lowest BCUT2D eigenvalue weighted by atomic mass is 9.99. The zero-order valence-electron chi connectivity index (χ0n) is 10.2. The quantitative estimate of drug-likeness (QED) is 0.865. The van der Waals surface area contributed by atoms with Gasteiger partial charge in [0, 0.05) is 11.8 Å².